The minimum atomic E-state index is 0.816. The number of nitrogens with zero attached hydrogens (tertiary/aromatic N) is 3. The largest absolute Gasteiger partial charge is 0.338 e. The molecule has 1 aromatic heterocycles. The molecule has 0 aliphatic carbocycles. The van der Waals surface area contributed by atoms with Crippen molar-refractivity contribution in [3.8, 4) is 0 Å². The SMILES string of the molecule is Brc1ccnc(N2CCNCC2)n1. The molecule has 1 aromatic rings. The van der Waals surface area contributed by atoms with Crippen molar-refractivity contribution in [2.45, 2.75) is 0 Å². The van der Waals surface area contributed by atoms with Crippen LogP contribution < -0.4 is 10.2 Å². The van der Waals surface area contributed by atoms with E-state index in [2.05, 4.69) is 36.1 Å². The van der Waals surface area contributed by atoms with Gasteiger partial charge >= 0.3 is 0 Å². The highest BCUT2D eigenvalue weighted by Crippen LogP contribution is 2.11. The summed E-state index contributed by atoms with van der Waals surface area (Å²) in [4.78, 5) is 10.7. The third-order valence-electron chi connectivity index (χ3n) is 2.01. The number of hydrogen-bond donors (Lipinski definition) is 1. The van der Waals surface area contributed by atoms with Crippen molar-refractivity contribution in [3.05, 3.63) is 16.9 Å². The predicted molar refractivity (Wildman–Crippen MR) is 54.8 cm³/mol. The van der Waals surface area contributed by atoms with Crippen molar-refractivity contribution >= 4 is 21.9 Å². The Hall–Kier alpha value is -0.680. The van der Waals surface area contributed by atoms with Gasteiger partial charge in [-0.15, -0.1) is 0 Å². The molecular formula is C8H11BrN4. The molecule has 13 heavy (non-hydrogen) atoms. The lowest BCUT2D eigenvalue weighted by Crippen LogP contribution is -2.44. The van der Waals surface area contributed by atoms with E-state index in [1.807, 2.05) is 6.07 Å². The van der Waals surface area contributed by atoms with E-state index in [4.69, 9.17) is 0 Å². The molecule has 0 spiro atoms. The van der Waals surface area contributed by atoms with Crippen LogP contribution >= 0.6 is 15.9 Å². The highest BCUT2D eigenvalue weighted by molar-refractivity contribution is 9.10. The van der Waals surface area contributed by atoms with E-state index in [0.717, 1.165) is 36.7 Å². The summed E-state index contributed by atoms with van der Waals surface area (Å²) in [7, 11) is 0. The average molecular weight is 243 g/mol. The topological polar surface area (TPSA) is 41.1 Å². The quantitative estimate of drug-likeness (QED) is 0.735. The second-order valence-corrected chi connectivity index (χ2v) is 3.73. The lowest BCUT2D eigenvalue weighted by molar-refractivity contribution is 0.579. The zero-order valence-electron chi connectivity index (χ0n) is 7.20. The van der Waals surface area contributed by atoms with Gasteiger partial charge in [-0.05, 0) is 22.0 Å². The van der Waals surface area contributed by atoms with Crippen LogP contribution in [-0.4, -0.2) is 36.1 Å². The van der Waals surface area contributed by atoms with Crippen molar-refractivity contribution in [1.29, 1.82) is 0 Å². The minimum absolute atomic E-state index is 0.816. The van der Waals surface area contributed by atoms with Crippen LogP contribution in [-0.2, 0) is 0 Å². The summed E-state index contributed by atoms with van der Waals surface area (Å²) in [6, 6.07) is 1.84. The molecule has 1 fully saturated rings. The van der Waals surface area contributed by atoms with E-state index in [-0.39, 0.29) is 0 Å². The third-order valence-corrected chi connectivity index (χ3v) is 2.45. The average Bonchev–Trinajstić information content (AvgIpc) is 2.19. The van der Waals surface area contributed by atoms with Crippen LogP contribution in [0.25, 0.3) is 0 Å². The van der Waals surface area contributed by atoms with Crippen molar-refractivity contribution in [1.82, 2.24) is 15.3 Å². The summed E-state index contributed by atoms with van der Waals surface area (Å²) in [5, 5.41) is 3.29. The fraction of sp³-hybridized carbons (Fsp3) is 0.500. The van der Waals surface area contributed by atoms with Crippen LogP contribution in [0.2, 0.25) is 0 Å². The molecular weight excluding hydrogens is 232 g/mol. The molecule has 2 rings (SSSR count). The zero-order valence-corrected chi connectivity index (χ0v) is 8.79. The molecule has 0 saturated carbocycles. The first-order chi connectivity index (χ1) is 6.36. The van der Waals surface area contributed by atoms with Crippen LogP contribution in [0, 0.1) is 0 Å². The Morgan fingerprint density at radius 3 is 2.85 bits per heavy atom. The number of halogens is 1. The Labute approximate surface area is 85.5 Å². The summed E-state index contributed by atoms with van der Waals surface area (Å²) < 4.78 is 0.844. The number of hydrogen-bond acceptors (Lipinski definition) is 4. The van der Waals surface area contributed by atoms with Gasteiger partial charge in [0.25, 0.3) is 0 Å². The van der Waals surface area contributed by atoms with E-state index in [0.29, 0.717) is 0 Å². The molecule has 0 unspecified atom stereocenters. The van der Waals surface area contributed by atoms with E-state index in [9.17, 15) is 0 Å². The van der Waals surface area contributed by atoms with E-state index in [1.54, 1.807) is 6.20 Å². The monoisotopic (exact) mass is 242 g/mol. The van der Waals surface area contributed by atoms with Crippen molar-refractivity contribution in [3.63, 3.8) is 0 Å². The normalized spacial score (nSPS) is 17.5. The molecule has 0 aromatic carbocycles. The number of rotatable bonds is 1. The molecule has 1 aliphatic heterocycles. The Morgan fingerprint density at radius 1 is 1.38 bits per heavy atom. The molecule has 1 aliphatic rings. The maximum atomic E-state index is 4.30. The summed E-state index contributed by atoms with van der Waals surface area (Å²) in [5.41, 5.74) is 0. The molecule has 1 N–H and O–H groups in total. The predicted octanol–water partition coefficient (Wildman–Crippen LogP) is 0.649. The first kappa shape index (κ1) is 8.90. The van der Waals surface area contributed by atoms with Gasteiger partial charge in [-0.3, -0.25) is 0 Å². The van der Waals surface area contributed by atoms with Gasteiger partial charge in [0.15, 0.2) is 0 Å². The van der Waals surface area contributed by atoms with Gasteiger partial charge in [0.1, 0.15) is 4.60 Å². The van der Waals surface area contributed by atoms with Crippen molar-refractivity contribution < 1.29 is 0 Å². The Morgan fingerprint density at radius 2 is 2.15 bits per heavy atom. The molecule has 1 saturated heterocycles. The Bertz CT molecular complexity index is 285. The maximum Gasteiger partial charge on any atom is 0.226 e. The molecule has 70 valence electrons. The van der Waals surface area contributed by atoms with Gasteiger partial charge < -0.3 is 10.2 Å². The molecule has 0 atom stereocenters. The number of aromatic nitrogens is 2. The highest BCUT2D eigenvalue weighted by atomic mass is 79.9. The van der Waals surface area contributed by atoms with Crippen LogP contribution in [0.5, 0.6) is 0 Å². The first-order valence-electron chi connectivity index (χ1n) is 4.30. The second-order valence-electron chi connectivity index (χ2n) is 2.92. The van der Waals surface area contributed by atoms with Crippen LogP contribution in [0.3, 0.4) is 0 Å². The summed E-state index contributed by atoms with van der Waals surface area (Å²) in [5.74, 6) is 0.816. The number of anilines is 1. The molecule has 0 amide bonds. The van der Waals surface area contributed by atoms with Crippen LogP contribution in [0.4, 0.5) is 5.95 Å². The fourth-order valence-electron chi connectivity index (χ4n) is 1.34. The zero-order chi connectivity index (χ0) is 9.10. The fourth-order valence-corrected chi connectivity index (χ4v) is 1.62. The van der Waals surface area contributed by atoms with E-state index >= 15 is 0 Å². The second kappa shape index (κ2) is 4.02. The van der Waals surface area contributed by atoms with Crippen LogP contribution in [0.15, 0.2) is 16.9 Å². The lowest BCUT2D eigenvalue weighted by Gasteiger charge is -2.27. The summed E-state index contributed by atoms with van der Waals surface area (Å²) >= 11 is 3.34. The van der Waals surface area contributed by atoms with Crippen LogP contribution in [0.1, 0.15) is 0 Å². The van der Waals surface area contributed by atoms with Gasteiger partial charge in [-0.25, -0.2) is 9.97 Å². The van der Waals surface area contributed by atoms with Gasteiger partial charge in [-0.1, -0.05) is 0 Å². The maximum absolute atomic E-state index is 4.30. The smallest absolute Gasteiger partial charge is 0.226 e. The van der Waals surface area contributed by atoms with Crippen molar-refractivity contribution in [2.24, 2.45) is 0 Å². The standard InChI is InChI=1S/C8H11BrN4/c9-7-1-2-11-8(12-7)13-5-3-10-4-6-13/h1-2,10H,3-6H2. The molecule has 2 heterocycles. The minimum Gasteiger partial charge on any atom is -0.338 e. The van der Waals surface area contributed by atoms with Gasteiger partial charge in [0, 0.05) is 32.4 Å². The van der Waals surface area contributed by atoms with Gasteiger partial charge in [0.2, 0.25) is 5.95 Å². The molecule has 0 bridgehead atoms. The highest BCUT2D eigenvalue weighted by Gasteiger charge is 2.12. The molecule has 0 radical (unpaired) electrons. The number of piperazine rings is 1. The first-order valence-corrected chi connectivity index (χ1v) is 5.10. The van der Waals surface area contributed by atoms with E-state index < -0.39 is 0 Å². The Kier molecular flexibility index (Phi) is 2.75. The molecule has 4 nitrogen and oxygen atoms in total. The third kappa shape index (κ3) is 2.16. The summed E-state index contributed by atoms with van der Waals surface area (Å²) in [6.45, 7) is 3.98. The van der Waals surface area contributed by atoms with E-state index in [1.165, 1.54) is 0 Å². The molecule has 5 heteroatoms. The van der Waals surface area contributed by atoms with Crippen molar-refractivity contribution in [2.75, 3.05) is 31.1 Å². The van der Waals surface area contributed by atoms with Gasteiger partial charge in [0.05, 0.1) is 0 Å². The van der Waals surface area contributed by atoms with Gasteiger partial charge in [-0.2, -0.15) is 0 Å². The lowest BCUT2D eigenvalue weighted by atomic mass is 10.4. The Balaban J connectivity index is 2.14. The summed E-state index contributed by atoms with van der Waals surface area (Å²) in [6.07, 6.45) is 1.77. The number of nitrogens with one attached hydrogen (secondary N) is 1.